The van der Waals surface area contributed by atoms with Gasteiger partial charge in [-0.2, -0.15) is 0 Å². The Labute approximate surface area is 109 Å². The van der Waals surface area contributed by atoms with E-state index >= 15 is 0 Å². The lowest BCUT2D eigenvalue weighted by Crippen LogP contribution is -2.36. The second-order valence-electron chi connectivity index (χ2n) is 6.75. The fourth-order valence-corrected chi connectivity index (χ4v) is 3.19. The first kappa shape index (κ1) is 15.0. The number of rotatable bonds is 6. The molecule has 0 heterocycles. The summed E-state index contributed by atoms with van der Waals surface area (Å²) in [5, 5.41) is 3.65. The molecule has 1 fully saturated rings. The molecular weight excluding hydrogens is 206 g/mol. The van der Waals surface area contributed by atoms with Crippen LogP contribution >= 0.6 is 0 Å². The largest absolute Gasteiger partial charge is 0.314 e. The van der Waals surface area contributed by atoms with E-state index in [1.807, 2.05) is 0 Å². The van der Waals surface area contributed by atoms with Crippen LogP contribution in [0.1, 0.15) is 66.7 Å². The molecule has 1 aliphatic rings. The van der Waals surface area contributed by atoms with E-state index < -0.39 is 0 Å². The van der Waals surface area contributed by atoms with Crippen molar-refractivity contribution in [2.75, 3.05) is 6.54 Å². The first-order valence-corrected chi connectivity index (χ1v) is 7.76. The van der Waals surface area contributed by atoms with Crippen molar-refractivity contribution in [3.63, 3.8) is 0 Å². The molecule has 1 saturated carbocycles. The lowest BCUT2D eigenvalue weighted by atomic mass is 9.71. The zero-order chi connectivity index (χ0) is 12.8. The van der Waals surface area contributed by atoms with Crippen LogP contribution in [-0.4, -0.2) is 12.6 Å². The molecule has 4 atom stereocenters. The maximum atomic E-state index is 3.65. The van der Waals surface area contributed by atoms with E-state index in [-0.39, 0.29) is 0 Å². The predicted octanol–water partition coefficient (Wildman–Crippen LogP) is 4.47. The summed E-state index contributed by atoms with van der Waals surface area (Å²) in [6, 6.07) is 0.638. The molecule has 0 aromatic heterocycles. The van der Waals surface area contributed by atoms with Crippen LogP contribution in [0.4, 0.5) is 0 Å². The Morgan fingerprint density at radius 3 is 2.41 bits per heavy atom. The summed E-state index contributed by atoms with van der Waals surface area (Å²) < 4.78 is 0. The van der Waals surface area contributed by atoms with Gasteiger partial charge in [0.1, 0.15) is 0 Å². The van der Waals surface area contributed by atoms with Gasteiger partial charge in [0.05, 0.1) is 0 Å². The van der Waals surface area contributed by atoms with Crippen LogP contribution in [-0.2, 0) is 0 Å². The average molecular weight is 239 g/mol. The third kappa shape index (κ3) is 5.42. The lowest BCUT2D eigenvalue weighted by molar-refractivity contribution is 0.154. The van der Waals surface area contributed by atoms with Crippen LogP contribution in [0.15, 0.2) is 0 Å². The Morgan fingerprint density at radius 1 is 1.12 bits per heavy atom. The molecule has 1 rings (SSSR count). The molecular formula is C16H33N. The van der Waals surface area contributed by atoms with E-state index in [0.29, 0.717) is 6.04 Å². The minimum atomic E-state index is 0.638. The second kappa shape index (κ2) is 7.41. The van der Waals surface area contributed by atoms with Crippen molar-refractivity contribution in [1.82, 2.24) is 5.32 Å². The minimum Gasteiger partial charge on any atom is -0.314 e. The van der Waals surface area contributed by atoms with Crippen molar-refractivity contribution in [3.05, 3.63) is 0 Å². The van der Waals surface area contributed by atoms with E-state index in [4.69, 9.17) is 0 Å². The van der Waals surface area contributed by atoms with Crippen LogP contribution in [0.3, 0.4) is 0 Å². The average Bonchev–Trinajstić information content (AvgIpc) is 2.27. The molecule has 0 spiro atoms. The molecule has 0 aromatic rings. The second-order valence-corrected chi connectivity index (χ2v) is 6.75. The van der Waals surface area contributed by atoms with E-state index in [0.717, 1.165) is 23.7 Å². The Morgan fingerprint density at radius 2 is 1.82 bits per heavy atom. The lowest BCUT2D eigenvalue weighted by Gasteiger charge is -2.37. The molecule has 4 unspecified atom stereocenters. The van der Waals surface area contributed by atoms with E-state index in [1.165, 1.54) is 38.6 Å². The van der Waals surface area contributed by atoms with Crippen LogP contribution in [0.2, 0.25) is 0 Å². The standard InChI is InChI=1S/C16H33N/c1-6-13(4)9-16-10-14(5)7-8-15(16)11-17-12(2)3/h12-17H,6-11H2,1-5H3. The summed E-state index contributed by atoms with van der Waals surface area (Å²) in [6.45, 7) is 13.0. The Bertz CT molecular complexity index is 200. The molecule has 1 aliphatic carbocycles. The van der Waals surface area contributed by atoms with Crippen molar-refractivity contribution < 1.29 is 0 Å². The Hall–Kier alpha value is -0.0400. The summed E-state index contributed by atoms with van der Waals surface area (Å²) in [5.41, 5.74) is 0. The maximum Gasteiger partial charge on any atom is 0.00104 e. The SMILES string of the molecule is CCC(C)CC1CC(C)CCC1CNC(C)C. The van der Waals surface area contributed by atoms with Crippen molar-refractivity contribution in [2.45, 2.75) is 72.8 Å². The van der Waals surface area contributed by atoms with Crippen molar-refractivity contribution >= 4 is 0 Å². The summed E-state index contributed by atoms with van der Waals surface area (Å²) in [6.07, 6.45) is 7.15. The van der Waals surface area contributed by atoms with Crippen molar-refractivity contribution in [2.24, 2.45) is 23.7 Å². The fraction of sp³-hybridized carbons (Fsp3) is 1.00. The van der Waals surface area contributed by atoms with Gasteiger partial charge in [0.2, 0.25) is 0 Å². The topological polar surface area (TPSA) is 12.0 Å². The molecule has 0 radical (unpaired) electrons. The smallest absolute Gasteiger partial charge is 0.00104 e. The van der Waals surface area contributed by atoms with Gasteiger partial charge < -0.3 is 5.32 Å². The zero-order valence-corrected chi connectivity index (χ0v) is 12.6. The first-order valence-electron chi connectivity index (χ1n) is 7.76. The molecule has 1 heteroatoms. The monoisotopic (exact) mass is 239 g/mol. The highest BCUT2D eigenvalue weighted by atomic mass is 14.9. The Balaban J connectivity index is 2.46. The molecule has 1 N–H and O–H groups in total. The van der Waals surface area contributed by atoms with E-state index in [2.05, 4.69) is 39.9 Å². The highest BCUT2D eigenvalue weighted by molar-refractivity contribution is 4.81. The first-order chi connectivity index (χ1) is 8.02. The molecule has 0 aliphatic heterocycles. The van der Waals surface area contributed by atoms with Crippen molar-refractivity contribution in [3.8, 4) is 0 Å². The summed E-state index contributed by atoms with van der Waals surface area (Å²) in [5.74, 6) is 3.77. The van der Waals surface area contributed by atoms with Gasteiger partial charge in [-0.3, -0.25) is 0 Å². The van der Waals surface area contributed by atoms with Crippen LogP contribution in [0.5, 0.6) is 0 Å². The van der Waals surface area contributed by atoms with Gasteiger partial charge in [-0.15, -0.1) is 0 Å². The summed E-state index contributed by atoms with van der Waals surface area (Å²) in [7, 11) is 0. The third-order valence-corrected chi connectivity index (χ3v) is 4.59. The van der Waals surface area contributed by atoms with Gasteiger partial charge in [-0.05, 0) is 49.5 Å². The fourth-order valence-electron chi connectivity index (χ4n) is 3.19. The van der Waals surface area contributed by atoms with Crippen molar-refractivity contribution in [1.29, 1.82) is 0 Å². The van der Waals surface area contributed by atoms with E-state index in [9.17, 15) is 0 Å². The number of hydrogen-bond donors (Lipinski definition) is 1. The third-order valence-electron chi connectivity index (χ3n) is 4.59. The molecule has 17 heavy (non-hydrogen) atoms. The molecule has 0 saturated heterocycles. The van der Waals surface area contributed by atoms with Gasteiger partial charge in [-0.25, -0.2) is 0 Å². The van der Waals surface area contributed by atoms with Crippen LogP contribution < -0.4 is 5.32 Å². The minimum absolute atomic E-state index is 0.638. The molecule has 0 aromatic carbocycles. The molecule has 1 nitrogen and oxygen atoms in total. The molecule has 0 bridgehead atoms. The number of hydrogen-bond acceptors (Lipinski definition) is 1. The van der Waals surface area contributed by atoms with Crippen LogP contribution in [0, 0.1) is 23.7 Å². The van der Waals surface area contributed by atoms with Gasteiger partial charge in [0.25, 0.3) is 0 Å². The normalized spacial score (nSPS) is 31.8. The predicted molar refractivity (Wildman–Crippen MR) is 77.2 cm³/mol. The number of nitrogens with one attached hydrogen (secondary N) is 1. The van der Waals surface area contributed by atoms with Gasteiger partial charge in [0.15, 0.2) is 0 Å². The maximum absolute atomic E-state index is 3.65. The van der Waals surface area contributed by atoms with E-state index in [1.54, 1.807) is 0 Å². The van der Waals surface area contributed by atoms with Gasteiger partial charge >= 0.3 is 0 Å². The quantitative estimate of drug-likeness (QED) is 0.721. The summed E-state index contributed by atoms with van der Waals surface area (Å²) in [4.78, 5) is 0. The molecule has 102 valence electrons. The summed E-state index contributed by atoms with van der Waals surface area (Å²) >= 11 is 0. The Kier molecular flexibility index (Phi) is 6.54. The van der Waals surface area contributed by atoms with Gasteiger partial charge in [0, 0.05) is 6.04 Å². The van der Waals surface area contributed by atoms with Gasteiger partial charge in [-0.1, -0.05) is 47.5 Å². The zero-order valence-electron chi connectivity index (χ0n) is 12.6. The highest BCUT2D eigenvalue weighted by Crippen LogP contribution is 2.37. The highest BCUT2D eigenvalue weighted by Gasteiger charge is 2.29. The van der Waals surface area contributed by atoms with Crippen LogP contribution in [0.25, 0.3) is 0 Å². The molecule has 0 amide bonds.